The van der Waals surface area contributed by atoms with Crippen molar-refractivity contribution < 1.29 is 0 Å². The van der Waals surface area contributed by atoms with Crippen molar-refractivity contribution in [2.75, 3.05) is 4.90 Å². The Morgan fingerprint density at radius 1 is 0.391 bits per heavy atom. The van der Waals surface area contributed by atoms with Crippen LogP contribution in [0.15, 0.2) is 243 Å². The van der Waals surface area contributed by atoms with E-state index in [9.17, 15) is 0 Å². The van der Waals surface area contributed by atoms with Crippen LogP contribution in [0, 0.1) is 11.8 Å². The molecule has 328 valence electrons. The molecule has 0 saturated heterocycles. The molecule has 2 saturated carbocycles. The van der Waals surface area contributed by atoms with Crippen LogP contribution in [0.4, 0.5) is 17.1 Å². The highest BCUT2D eigenvalue weighted by atomic mass is 15.2. The van der Waals surface area contributed by atoms with E-state index in [0.717, 1.165) is 40.1 Å². The largest absolute Gasteiger partial charge is 0.308 e. The Hall–Kier alpha value is -8.20. The van der Waals surface area contributed by atoms with E-state index in [1.165, 1.54) is 97.6 Å². The van der Waals surface area contributed by atoms with E-state index in [1.54, 1.807) is 11.1 Å². The van der Waals surface area contributed by atoms with Gasteiger partial charge in [0.25, 0.3) is 0 Å². The quantitative estimate of drug-likeness (QED) is 0.148. The number of rotatable bonds is 8. The minimum Gasteiger partial charge on any atom is -0.308 e. The standard InChI is InChI=1S/C67H50N2/c1-3-18-47(19-4-1)52-22-7-8-23-53(52)54-24-9-10-25-55(54)58-27-12-15-31-63(58)68(65-33-17-29-60-59-28-13-16-32-64(59)69(66(60)65)50-20-5-2-6-21-50)51-39-35-46(36-40-51)48-37-41-57-56-26-11-14-30-61(56)67(62(57)43-48)44-45-34-38-49(67)42-45/h1-33,35-37,39-41,43,45,49H,34,38,42,44H2. The summed E-state index contributed by atoms with van der Waals surface area (Å²) in [6.45, 7) is 0. The lowest BCUT2D eigenvalue weighted by molar-refractivity contribution is 0.327. The molecule has 3 aliphatic rings. The Morgan fingerprint density at radius 3 is 1.72 bits per heavy atom. The van der Waals surface area contributed by atoms with Crippen LogP contribution in [0.5, 0.6) is 0 Å². The maximum Gasteiger partial charge on any atom is 0.0782 e. The molecule has 1 aromatic heterocycles. The molecule has 3 unspecified atom stereocenters. The van der Waals surface area contributed by atoms with Gasteiger partial charge >= 0.3 is 0 Å². The third kappa shape index (κ3) is 6.18. The van der Waals surface area contributed by atoms with Crippen molar-refractivity contribution in [3.8, 4) is 61.3 Å². The highest BCUT2D eigenvalue weighted by Gasteiger charge is 2.56. The van der Waals surface area contributed by atoms with Gasteiger partial charge in [-0.25, -0.2) is 0 Å². The van der Waals surface area contributed by atoms with E-state index in [1.807, 2.05) is 0 Å². The molecule has 3 aliphatic carbocycles. The number of anilines is 3. The highest BCUT2D eigenvalue weighted by Crippen LogP contribution is 2.66. The zero-order chi connectivity index (χ0) is 45.5. The van der Waals surface area contributed by atoms with Crippen molar-refractivity contribution in [3.05, 3.63) is 254 Å². The summed E-state index contributed by atoms with van der Waals surface area (Å²) >= 11 is 0. The summed E-state index contributed by atoms with van der Waals surface area (Å²) in [5, 5.41) is 2.45. The Balaban J connectivity index is 0.971. The molecule has 0 radical (unpaired) electrons. The highest BCUT2D eigenvalue weighted by molar-refractivity contribution is 6.15. The third-order valence-corrected chi connectivity index (χ3v) is 16.1. The van der Waals surface area contributed by atoms with Gasteiger partial charge in [0.15, 0.2) is 0 Å². The van der Waals surface area contributed by atoms with E-state index >= 15 is 0 Å². The normalized spacial score (nSPS) is 17.7. The van der Waals surface area contributed by atoms with Crippen LogP contribution in [0.2, 0.25) is 0 Å². The van der Waals surface area contributed by atoms with Gasteiger partial charge in [0.1, 0.15) is 0 Å². The number of aromatic nitrogens is 1. The molecular weight excluding hydrogens is 833 g/mol. The lowest BCUT2D eigenvalue weighted by Gasteiger charge is -2.36. The van der Waals surface area contributed by atoms with Gasteiger partial charge in [-0.15, -0.1) is 0 Å². The van der Waals surface area contributed by atoms with E-state index < -0.39 is 0 Å². The monoisotopic (exact) mass is 882 g/mol. The molecule has 10 aromatic carbocycles. The first-order valence-corrected chi connectivity index (χ1v) is 24.8. The van der Waals surface area contributed by atoms with Crippen molar-refractivity contribution >= 4 is 38.9 Å². The Bertz CT molecular complexity index is 3750. The van der Waals surface area contributed by atoms with Crippen molar-refractivity contribution in [1.29, 1.82) is 0 Å². The van der Waals surface area contributed by atoms with E-state index in [-0.39, 0.29) is 5.41 Å². The molecule has 2 heteroatoms. The van der Waals surface area contributed by atoms with Crippen LogP contribution in [-0.4, -0.2) is 4.57 Å². The SMILES string of the molecule is c1ccc(-c2ccccc2-c2ccccc2-c2ccccc2N(c2ccc(-c3ccc4c(c3)C3(CC5CCC3C5)c3ccccc3-4)cc2)c2cccc3c4ccccc4n(-c4ccccc4)c23)cc1. The minimum atomic E-state index is 0.138. The van der Waals surface area contributed by atoms with Crippen molar-refractivity contribution in [2.45, 2.75) is 31.1 Å². The smallest absolute Gasteiger partial charge is 0.0782 e. The second-order valence-corrected chi connectivity index (χ2v) is 19.6. The van der Waals surface area contributed by atoms with Crippen LogP contribution < -0.4 is 4.90 Å². The Labute approximate surface area is 404 Å². The Morgan fingerprint density at radius 2 is 0.971 bits per heavy atom. The summed E-state index contributed by atoms with van der Waals surface area (Å²) in [5.41, 5.74) is 22.7. The summed E-state index contributed by atoms with van der Waals surface area (Å²) in [4.78, 5) is 2.52. The van der Waals surface area contributed by atoms with Gasteiger partial charge in [-0.05, 0) is 141 Å². The molecule has 2 bridgehead atoms. The molecule has 1 spiro atoms. The first kappa shape index (κ1) is 39.9. The first-order valence-electron chi connectivity index (χ1n) is 24.8. The van der Waals surface area contributed by atoms with E-state index in [0.29, 0.717) is 0 Å². The number of para-hydroxylation sites is 4. The average Bonchev–Trinajstić information content (AvgIpc) is 4.20. The number of benzene rings is 10. The van der Waals surface area contributed by atoms with Gasteiger partial charge in [-0.3, -0.25) is 0 Å². The second-order valence-electron chi connectivity index (χ2n) is 19.6. The molecule has 14 rings (SSSR count). The zero-order valence-corrected chi connectivity index (χ0v) is 38.5. The number of hydrogen-bond donors (Lipinski definition) is 0. The van der Waals surface area contributed by atoms with Gasteiger partial charge in [-0.1, -0.05) is 201 Å². The molecule has 0 aliphatic heterocycles. The predicted molar refractivity (Wildman–Crippen MR) is 289 cm³/mol. The molecule has 0 amide bonds. The molecule has 69 heavy (non-hydrogen) atoms. The van der Waals surface area contributed by atoms with Gasteiger partial charge in [0.2, 0.25) is 0 Å². The molecule has 1 heterocycles. The van der Waals surface area contributed by atoms with Crippen molar-refractivity contribution in [3.63, 3.8) is 0 Å². The maximum absolute atomic E-state index is 2.57. The maximum atomic E-state index is 2.57. The number of nitrogens with zero attached hydrogens (tertiary/aromatic N) is 2. The minimum absolute atomic E-state index is 0.138. The average molecular weight is 883 g/mol. The lowest BCUT2D eigenvalue weighted by Crippen LogP contribution is -2.31. The summed E-state index contributed by atoms with van der Waals surface area (Å²) < 4.78 is 2.46. The number of hydrogen-bond acceptors (Lipinski definition) is 1. The Kier molecular flexibility index (Phi) is 9.24. The van der Waals surface area contributed by atoms with E-state index in [4.69, 9.17) is 0 Å². The zero-order valence-electron chi connectivity index (χ0n) is 38.5. The molecule has 0 N–H and O–H groups in total. The molecule has 2 nitrogen and oxygen atoms in total. The first-order chi connectivity index (χ1) is 34.2. The predicted octanol–water partition coefficient (Wildman–Crippen LogP) is 18.0. The van der Waals surface area contributed by atoms with Gasteiger partial charge in [-0.2, -0.15) is 0 Å². The van der Waals surface area contributed by atoms with Gasteiger partial charge < -0.3 is 9.47 Å². The molecular formula is C67H50N2. The second kappa shape index (κ2) is 16.0. The number of fused-ring (bicyclic) bond motifs is 11. The lowest BCUT2D eigenvalue weighted by atomic mass is 9.66. The van der Waals surface area contributed by atoms with E-state index in [2.05, 4.69) is 252 Å². The summed E-state index contributed by atoms with van der Waals surface area (Å²) in [5.74, 6) is 1.56. The fourth-order valence-electron chi connectivity index (χ4n) is 13.2. The summed E-state index contributed by atoms with van der Waals surface area (Å²) in [6.07, 6.45) is 5.38. The van der Waals surface area contributed by atoms with Crippen LogP contribution in [0.3, 0.4) is 0 Å². The molecule has 11 aromatic rings. The van der Waals surface area contributed by atoms with Crippen molar-refractivity contribution in [1.82, 2.24) is 4.57 Å². The van der Waals surface area contributed by atoms with Gasteiger partial charge in [0, 0.05) is 33.1 Å². The van der Waals surface area contributed by atoms with Crippen LogP contribution in [-0.2, 0) is 5.41 Å². The molecule has 2 fully saturated rings. The van der Waals surface area contributed by atoms with Crippen molar-refractivity contribution in [2.24, 2.45) is 11.8 Å². The fourth-order valence-corrected chi connectivity index (χ4v) is 13.2. The third-order valence-electron chi connectivity index (χ3n) is 16.1. The fraction of sp³-hybridized carbons (Fsp3) is 0.104. The van der Waals surface area contributed by atoms with Crippen LogP contribution in [0.1, 0.15) is 36.8 Å². The van der Waals surface area contributed by atoms with Crippen LogP contribution >= 0.6 is 0 Å². The molecule has 3 atom stereocenters. The summed E-state index contributed by atoms with van der Waals surface area (Å²) in [7, 11) is 0. The summed E-state index contributed by atoms with van der Waals surface area (Å²) in [6, 6.07) is 90.2. The van der Waals surface area contributed by atoms with Crippen LogP contribution in [0.25, 0.3) is 83.1 Å². The van der Waals surface area contributed by atoms with Gasteiger partial charge in [0.05, 0.1) is 22.4 Å². The topological polar surface area (TPSA) is 8.17 Å².